The Morgan fingerprint density at radius 2 is 1.14 bits per heavy atom. The van der Waals surface area contributed by atoms with Crippen LogP contribution in [0, 0.1) is 0 Å². The van der Waals surface area contributed by atoms with Gasteiger partial charge in [-0.15, -0.1) is 5.10 Å². The zero-order valence-electron chi connectivity index (χ0n) is 25.8. The third-order valence-electron chi connectivity index (χ3n) is 7.36. The number of hydrazine groups is 2. The van der Waals surface area contributed by atoms with Crippen molar-refractivity contribution in [1.29, 1.82) is 0 Å². The molecule has 3 aromatic carbocycles. The van der Waals surface area contributed by atoms with Crippen molar-refractivity contribution in [3.63, 3.8) is 0 Å². The molecule has 0 saturated carbocycles. The predicted molar refractivity (Wildman–Crippen MR) is 166 cm³/mol. The summed E-state index contributed by atoms with van der Waals surface area (Å²) < 4.78 is 30.4. The number of amides is 2. The van der Waals surface area contributed by atoms with Crippen LogP contribution in [-0.2, 0) is 30.2 Å². The van der Waals surface area contributed by atoms with Gasteiger partial charge in [-0.2, -0.15) is 0 Å². The highest BCUT2D eigenvalue weighted by molar-refractivity contribution is 6.04. The molecule has 0 spiro atoms. The first-order valence-electron chi connectivity index (χ1n) is 14.7. The molecule has 0 aliphatic carbocycles. The van der Waals surface area contributed by atoms with Crippen LogP contribution in [0.3, 0.4) is 0 Å². The summed E-state index contributed by atoms with van der Waals surface area (Å²) in [6, 6.07) is 23.8. The zero-order valence-corrected chi connectivity index (χ0v) is 25.8. The minimum absolute atomic E-state index is 0.131. The second kappa shape index (κ2) is 15.7. The second-order valence-corrected chi connectivity index (χ2v) is 10.4. The summed E-state index contributed by atoms with van der Waals surface area (Å²) in [5, 5.41) is 7.64. The van der Waals surface area contributed by atoms with Gasteiger partial charge in [0.15, 0.2) is 36.0 Å². The van der Waals surface area contributed by atoms with Gasteiger partial charge in [0.1, 0.15) is 6.10 Å². The quantitative estimate of drug-likeness (QED) is 0.0559. The number of nitrogens with one attached hydrogen (secondary N) is 2. The van der Waals surface area contributed by atoms with Crippen LogP contribution >= 0.6 is 0 Å². The molecule has 0 unspecified atom stereocenters. The SMILES string of the molecule is CO[C@H]1O[C@H](Cn2nnc(C(=O)NN)c2C(=O)NN)[C@@H](OC(=O)c2ccccc2)[C@H](OC(=O)c2ccccc2)[C@H]1OC(=O)c1ccccc1. The number of benzene rings is 3. The number of hydrogen-bond acceptors (Lipinski definition) is 14. The third-order valence-corrected chi connectivity index (χ3v) is 7.36. The molecule has 1 aromatic heterocycles. The van der Waals surface area contributed by atoms with E-state index >= 15 is 0 Å². The fraction of sp³-hybridized carbons (Fsp3) is 0.219. The van der Waals surface area contributed by atoms with E-state index in [1.165, 1.54) is 43.5 Å². The van der Waals surface area contributed by atoms with E-state index < -0.39 is 78.4 Å². The average molecular weight is 674 g/mol. The van der Waals surface area contributed by atoms with Gasteiger partial charge in [0, 0.05) is 7.11 Å². The molecule has 2 heterocycles. The smallest absolute Gasteiger partial charge is 0.338 e. The Labute approximate surface area is 278 Å². The van der Waals surface area contributed by atoms with Crippen LogP contribution in [0.4, 0.5) is 0 Å². The van der Waals surface area contributed by atoms with Crippen molar-refractivity contribution in [2.24, 2.45) is 11.7 Å². The van der Waals surface area contributed by atoms with Crippen molar-refractivity contribution < 1.29 is 47.7 Å². The topological polar surface area (TPSA) is 238 Å². The lowest BCUT2D eigenvalue weighted by atomic mass is 9.97. The zero-order chi connectivity index (χ0) is 34.9. The molecule has 17 nitrogen and oxygen atoms in total. The molecule has 17 heteroatoms. The third kappa shape index (κ3) is 7.77. The number of nitrogens with two attached hydrogens (primary N) is 2. The van der Waals surface area contributed by atoms with Crippen molar-refractivity contribution in [2.45, 2.75) is 37.3 Å². The molecule has 1 aliphatic heterocycles. The molecule has 6 N–H and O–H groups in total. The first kappa shape index (κ1) is 34.3. The van der Waals surface area contributed by atoms with Gasteiger partial charge >= 0.3 is 17.9 Å². The van der Waals surface area contributed by atoms with E-state index in [0.29, 0.717) is 0 Å². The summed E-state index contributed by atoms with van der Waals surface area (Å²) in [4.78, 5) is 65.6. The Bertz CT molecular complexity index is 1790. The second-order valence-electron chi connectivity index (χ2n) is 10.4. The normalized spacial score (nSPS) is 20.0. The van der Waals surface area contributed by atoms with E-state index in [4.69, 9.17) is 35.4 Å². The van der Waals surface area contributed by atoms with E-state index in [0.717, 1.165) is 4.68 Å². The average Bonchev–Trinajstić information content (AvgIpc) is 3.57. The van der Waals surface area contributed by atoms with Crippen LogP contribution in [0.25, 0.3) is 0 Å². The fourth-order valence-corrected chi connectivity index (χ4v) is 5.04. The summed E-state index contributed by atoms with van der Waals surface area (Å²) in [7, 11) is 1.25. The van der Waals surface area contributed by atoms with Crippen molar-refractivity contribution in [2.75, 3.05) is 7.11 Å². The number of nitrogen functional groups attached to an aromatic ring is 2. The van der Waals surface area contributed by atoms with Gasteiger partial charge in [0.05, 0.1) is 23.2 Å². The van der Waals surface area contributed by atoms with Crippen molar-refractivity contribution >= 4 is 29.7 Å². The van der Waals surface area contributed by atoms with Gasteiger partial charge in [-0.3, -0.25) is 20.4 Å². The van der Waals surface area contributed by atoms with Gasteiger partial charge in [-0.25, -0.2) is 30.8 Å². The number of carbonyl (C=O) groups is 5. The number of nitrogens with zero attached hydrogens (tertiary/aromatic N) is 3. The Morgan fingerprint density at radius 3 is 1.59 bits per heavy atom. The number of hydrogen-bond donors (Lipinski definition) is 4. The van der Waals surface area contributed by atoms with Gasteiger partial charge in [-0.05, 0) is 36.4 Å². The fourth-order valence-electron chi connectivity index (χ4n) is 5.04. The van der Waals surface area contributed by atoms with Gasteiger partial charge < -0.3 is 23.7 Å². The van der Waals surface area contributed by atoms with Crippen LogP contribution in [0.1, 0.15) is 52.1 Å². The van der Waals surface area contributed by atoms with Crippen molar-refractivity contribution in [3.05, 3.63) is 119 Å². The lowest BCUT2D eigenvalue weighted by molar-refractivity contribution is -0.289. The molecule has 5 atom stereocenters. The van der Waals surface area contributed by atoms with E-state index in [9.17, 15) is 24.0 Å². The van der Waals surface area contributed by atoms with Crippen LogP contribution < -0.4 is 22.5 Å². The number of carbonyl (C=O) groups excluding carboxylic acids is 5. The molecular weight excluding hydrogens is 642 g/mol. The Balaban J connectivity index is 1.60. The largest absolute Gasteiger partial charge is 0.452 e. The number of ether oxygens (including phenoxy) is 5. The highest BCUT2D eigenvalue weighted by Gasteiger charge is 2.53. The summed E-state index contributed by atoms with van der Waals surface area (Å²) in [6.07, 6.45) is -7.40. The maximum Gasteiger partial charge on any atom is 0.338 e. The van der Waals surface area contributed by atoms with Crippen LogP contribution in [0.5, 0.6) is 0 Å². The first-order chi connectivity index (χ1) is 23.7. The Kier molecular flexibility index (Phi) is 11.0. The molecule has 5 rings (SSSR count). The minimum atomic E-state index is -1.57. The van der Waals surface area contributed by atoms with E-state index in [1.54, 1.807) is 54.6 Å². The molecule has 2 amide bonds. The first-order valence-corrected chi connectivity index (χ1v) is 14.7. The maximum absolute atomic E-state index is 13.5. The molecule has 49 heavy (non-hydrogen) atoms. The summed E-state index contributed by atoms with van der Waals surface area (Å²) in [5.41, 5.74) is 3.30. The number of esters is 3. The molecule has 0 bridgehead atoms. The summed E-state index contributed by atoms with van der Waals surface area (Å²) >= 11 is 0. The number of aromatic nitrogens is 3. The number of methoxy groups -OCH3 is 1. The Hall–Kier alpha value is -6.01. The molecule has 0 radical (unpaired) electrons. The molecule has 1 aliphatic rings. The van der Waals surface area contributed by atoms with Crippen LogP contribution in [0.15, 0.2) is 91.0 Å². The van der Waals surface area contributed by atoms with Gasteiger partial charge in [0.25, 0.3) is 11.8 Å². The molecule has 1 fully saturated rings. The highest BCUT2D eigenvalue weighted by Crippen LogP contribution is 2.32. The lowest BCUT2D eigenvalue weighted by Gasteiger charge is -2.44. The van der Waals surface area contributed by atoms with Crippen LogP contribution in [-0.4, -0.2) is 82.5 Å². The van der Waals surface area contributed by atoms with Crippen molar-refractivity contribution in [3.8, 4) is 0 Å². The summed E-state index contributed by atoms with van der Waals surface area (Å²) in [5.74, 6) is 6.16. The van der Waals surface area contributed by atoms with Gasteiger partial charge in [0.2, 0.25) is 0 Å². The predicted octanol–water partition coefficient (Wildman–Crippen LogP) is 0.533. The molecule has 1 saturated heterocycles. The van der Waals surface area contributed by atoms with E-state index in [-0.39, 0.29) is 16.7 Å². The van der Waals surface area contributed by atoms with Crippen molar-refractivity contribution in [1.82, 2.24) is 25.8 Å². The maximum atomic E-state index is 13.5. The van der Waals surface area contributed by atoms with Crippen LogP contribution in [0.2, 0.25) is 0 Å². The minimum Gasteiger partial charge on any atom is -0.452 e. The lowest BCUT2D eigenvalue weighted by Crippen LogP contribution is -2.62. The monoisotopic (exact) mass is 673 g/mol. The van der Waals surface area contributed by atoms with E-state index in [1.807, 2.05) is 10.9 Å². The van der Waals surface area contributed by atoms with Gasteiger partial charge in [-0.1, -0.05) is 59.8 Å². The molecular formula is C32H31N7O10. The van der Waals surface area contributed by atoms with E-state index in [2.05, 4.69) is 10.3 Å². The standard InChI is InChI=1S/C32H31N7O10/c1-45-32-26(49-31(44)20-15-9-4-10-16-20)25(48-30(43)19-13-7-3-8-14-19)24(47-29(42)18-11-5-2-6-12-18)21(46-32)17-39-23(28(41)36-34)22(37-38-39)27(40)35-33/h2-16,21,24-26,32H,17,33-34H2,1H3,(H,35,40)(H,36,41)/t21-,24-,25+,26-,32+/m1/s1. The number of rotatable bonds is 11. The highest BCUT2D eigenvalue weighted by atomic mass is 16.7. The molecule has 254 valence electrons. The summed E-state index contributed by atoms with van der Waals surface area (Å²) in [6.45, 7) is -0.459. The Morgan fingerprint density at radius 1 is 0.694 bits per heavy atom. The molecule has 4 aromatic rings.